The molecule has 2 N–H and O–H groups in total. The first kappa shape index (κ1) is 22.9. The molecule has 166 valence electrons. The Balaban J connectivity index is 1.33. The number of ether oxygens (including phenoxy) is 2. The van der Waals surface area contributed by atoms with Gasteiger partial charge in [0, 0.05) is 25.1 Å². The molecule has 3 rings (SSSR count). The Labute approximate surface area is 188 Å². The summed E-state index contributed by atoms with van der Waals surface area (Å²) in [4.78, 5) is 24.2. The lowest BCUT2D eigenvalue weighted by atomic mass is 10.2. The third kappa shape index (κ3) is 7.80. The molecule has 6 heteroatoms. The van der Waals surface area contributed by atoms with Gasteiger partial charge in [-0.1, -0.05) is 42.5 Å². The van der Waals surface area contributed by atoms with Crippen LogP contribution in [0.2, 0.25) is 0 Å². The van der Waals surface area contributed by atoms with E-state index in [1.54, 1.807) is 19.2 Å². The van der Waals surface area contributed by atoms with Gasteiger partial charge in [-0.25, -0.2) is 0 Å². The number of benzene rings is 3. The molecule has 2 amide bonds. The van der Waals surface area contributed by atoms with E-state index >= 15 is 0 Å². The van der Waals surface area contributed by atoms with Crippen molar-refractivity contribution in [2.45, 2.75) is 32.4 Å². The SMILES string of the molecule is COc1cccc(CNC(=O)CCCC(=O)Nc2ccc(OCc3ccccc3)cc2)c1. The highest BCUT2D eigenvalue weighted by atomic mass is 16.5. The van der Waals surface area contributed by atoms with Crippen molar-refractivity contribution in [1.29, 1.82) is 0 Å². The lowest BCUT2D eigenvalue weighted by molar-refractivity contribution is -0.121. The molecule has 0 saturated carbocycles. The van der Waals surface area contributed by atoms with E-state index in [1.807, 2.05) is 66.7 Å². The third-order valence-corrected chi connectivity index (χ3v) is 4.82. The zero-order valence-electron chi connectivity index (χ0n) is 18.2. The Kier molecular flexibility index (Phi) is 8.69. The summed E-state index contributed by atoms with van der Waals surface area (Å²) >= 11 is 0. The van der Waals surface area contributed by atoms with Gasteiger partial charge in [0.05, 0.1) is 7.11 Å². The first-order chi connectivity index (χ1) is 15.6. The molecule has 0 bridgehead atoms. The summed E-state index contributed by atoms with van der Waals surface area (Å²) in [5.74, 6) is 1.29. The third-order valence-electron chi connectivity index (χ3n) is 4.82. The zero-order chi connectivity index (χ0) is 22.6. The Bertz CT molecular complexity index is 1000. The highest BCUT2D eigenvalue weighted by Crippen LogP contribution is 2.17. The number of carbonyl (C=O) groups is 2. The molecule has 32 heavy (non-hydrogen) atoms. The highest BCUT2D eigenvalue weighted by molar-refractivity contribution is 5.91. The molecule has 0 spiro atoms. The van der Waals surface area contributed by atoms with E-state index in [9.17, 15) is 9.59 Å². The minimum Gasteiger partial charge on any atom is -0.497 e. The number of carbonyl (C=O) groups excluding carboxylic acids is 2. The van der Waals surface area contributed by atoms with Gasteiger partial charge in [-0.2, -0.15) is 0 Å². The first-order valence-corrected chi connectivity index (χ1v) is 10.6. The summed E-state index contributed by atoms with van der Waals surface area (Å²) in [6, 6.07) is 24.7. The van der Waals surface area contributed by atoms with Crippen LogP contribution in [0.15, 0.2) is 78.9 Å². The average molecular weight is 433 g/mol. The topological polar surface area (TPSA) is 76.7 Å². The van der Waals surface area contributed by atoms with Crippen LogP contribution < -0.4 is 20.1 Å². The average Bonchev–Trinajstić information content (AvgIpc) is 2.83. The fourth-order valence-electron chi connectivity index (χ4n) is 3.08. The summed E-state index contributed by atoms with van der Waals surface area (Å²) < 4.78 is 10.9. The number of methoxy groups -OCH3 is 1. The number of anilines is 1. The molecule has 6 nitrogen and oxygen atoms in total. The van der Waals surface area contributed by atoms with Crippen LogP contribution in [0.1, 0.15) is 30.4 Å². The van der Waals surface area contributed by atoms with Crippen LogP contribution in [-0.4, -0.2) is 18.9 Å². The van der Waals surface area contributed by atoms with Crippen molar-refractivity contribution in [2.24, 2.45) is 0 Å². The van der Waals surface area contributed by atoms with Gasteiger partial charge in [0.15, 0.2) is 0 Å². The second kappa shape index (κ2) is 12.2. The van der Waals surface area contributed by atoms with Gasteiger partial charge < -0.3 is 20.1 Å². The maximum absolute atomic E-state index is 12.2. The normalized spacial score (nSPS) is 10.3. The maximum atomic E-state index is 12.2. The van der Waals surface area contributed by atoms with Crippen LogP contribution in [0.25, 0.3) is 0 Å². The number of amides is 2. The summed E-state index contributed by atoms with van der Waals surface area (Å²) in [6.45, 7) is 0.924. The number of nitrogens with one attached hydrogen (secondary N) is 2. The molecule has 0 aliphatic heterocycles. The fraction of sp³-hybridized carbons (Fsp3) is 0.231. The zero-order valence-corrected chi connectivity index (χ0v) is 18.2. The lowest BCUT2D eigenvalue weighted by Gasteiger charge is -2.09. The monoisotopic (exact) mass is 432 g/mol. The van der Waals surface area contributed by atoms with E-state index in [-0.39, 0.29) is 18.2 Å². The standard InChI is InChI=1S/C26H28N2O4/c1-31-24-10-5-9-21(17-24)18-27-25(29)11-6-12-26(30)28-22-13-15-23(16-14-22)32-19-20-7-3-2-4-8-20/h2-5,7-10,13-17H,6,11-12,18-19H2,1H3,(H,27,29)(H,28,30). The molecular formula is C26H28N2O4. The largest absolute Gasteiger partial charge is 0.497 e. The summed E-state index contributed by atoms with van der Waals surface area (Å²) in [5, 5.41) is 5.71. The quantitative estimate of drug-likeness (QED) is 0.461. The molecule has 0 radical (unpaired) electrons. The van der Waals surface area contributed by atoms with Crippen molar-refractivity contribution < 1.29 is 19.1 Å². The van der Waals surface area contributed by atoms with Crippen LogP contribution in [0.4, 0.5) is 5.69 Å². The predicted octanol–water partition coefficient (Wildman–Crippen LogP) is 4.70. The summed E-state index contributed by atoms with van der Waals surface area (Å²) in [5.41, 5.74) is 2.76. The van der Waals surface area contributed by atoms with Crippen molar-refractivity contribution in [1.82, 2.24) is 5.32 Å². The minimum absolute atomic E-state index is 0.0828. The Morgan fingerprint density at radius 3 is 2.25 bits per heavy atom. The molecule has 0 unspecified atom stereocenters. The Morgan fingerprint density at radius 2 is 1.50 bits per heavy atom. The van der Waals surface area contributed by atoms with Gasteiger partial charge in [0.1, 0.15) is 18.1 Å². The highest BCUT2D eigenvalue weighted by Gasteiger charge is 2.07. The van der Waals surface area contributed by atoms with Crippen molar-refractivity contribution in [3.8, 4) is 11.5 Å². The van der Waals surface area contributed by atoms with Crippen molar-refractivity contribution >= 4 is 17.5 Å². The number of rotatable bonds is 11. The second-order valence-corrected chi connectivity index (χ2v) is 7.33. The van der Waals surface area contributed by atoms with Crippen LogP contribution in [0, 0.1) is 0 Å². The lowest BCUT2D eigenvalue weighted by Crippen LogP contribution is -2.23. The van der Waals surface area contributed by atoms with Gasteiger partial charge in [-0.3, -0.25) is 9.59 Å². The minimum atomic E-state index is -0.122. The van der Waals surface area contributed by atoms with Crippen molar-refractivity contribution in [2.75, 3.05) is 12.4 Å². The van der Waals surface area contributed by atoms with Crippen LogP contribution in [-0.2, 0) is 22.7 Å². The first-order valence-electron chi connectivity index (χ1n) is 10.6. The molecule has 3 aromatic carbocycles. The van der Waals surface area contributed by atoms with Crippen molar-refractivity contribution in [3.05, 3.63) is 90.0 Å². The summed E-state index contributed by atoms with van der Waals surface area (Å²) in [7, 11) is 1.61. The van der Waals surface area contributed by atoms with Gasteiger partial charge in [-0.15, -0.1) is 0 Å². The van der Waals surface area contributed by atoms with Crippen LogP contribution in [0.3, 0.4) is 0 Å². The maximum Gasteiger partial charge on any atom is 0.224 e. The van der Waals surface area contributed by atoms with E-state index in [2.05, 4.69) is 10.6 Å². The molecule has 0 atom stereocenters. The van der Waals surface area contributed by atoms with Crippen LogP contribution in [0.5, 0.6) is 11.5 Å². The van der Waals surface area contributed by atoms with Gasteiger partial charge in [0.2, 0.25) is 11.8 Å². The van der Waals surface area contributed by atoms with Gasteiger partial charge in [-0.05, 0) is 53.9 Å². The summed E-state index contributed by atoms with van der Waals surface area (Å²) in [6.07, 6.45) is 1.05. The van der Waals surface area contributed by atoms with Crippen molar-refractivity contribution in [3.63, 3.8) is 0 Å². The van der Waals surface area contributed by atoms with Gasteiger partial charge >= 0.3 is 0 Å². The molecule has 0 saturated heterocycles. The van der Waals surface area contributed by atoms with E-state index < -0.39 is 0 Å². The molecule has 0 aliphatic rings. The fourth-order valence-corrected chi connectivity index (χ4v) is 3.08. The molecule has 0 aliphatic carbocycles. The van der Waals surface area contributed by atoms with E-state index in [1.165, 1.54) is 0 Å². The number of hydrogen-bond acceptors (Lipinski definition) is 4. The van der Waals surface area contributed by atoms with E-state index in [4.69, 9.17) is 9.47 Å². The van der Waals surface area contributed by atoms with E-state index in [0.717, 1.165) is 22.6 Å². The smallest absolute Gasteiger partial charge is 0.224 e. The Morgan fingerprint density at radius 1 is 0.781 bits per heavy atom. The molecule has 0 heterocycles. The van der Waals surface area contributed by atoms with Gasteiger partial charge in [0.25, 0.3) is 0 Å². The molecule has 0 aromatic heterocycles. The second-order valence-electron chi connectivity index (χ2n) is 7.33. The molecule has 0 fully saturated rings. The Hall–Kier alpha value is -3.80. The molecular weight excluding hydrogens is 404 g/mol. The van der Waals surface area contributed by atoms with Crippen LogP contribution >= 0.6 is 0 Å². The predicted molar refractivity (Wildman–Crippen MR) is 125 cm³/mol. The number of hydrogen-bond donors (Lipinski definition) is 2. The molecule has 3 aromatic rings. The van der Waals surface area contributed by atoms with E-state index in [0.29, 0.717) is 31.7 Å².